The molecule has 2 fully saturated rings. The zero-order chi connectivity index (χ0) is 15.9. The molecule has 1 saturated carbocycles. The Bertz CT molecular complexity index is 479. The van der Waals surface area contributed by atoms with Gasteiger partial charge in [-0.3, -0.25) is 0 Å². The number of amides is 1. The summed E-state index contributed by atoms with van der Waals surface area (Å²) in [6.45, 7) is 3.21. The molecule has 1 aromatic carbocycles. The maximum absolute atomic E-state index is 12.1. The highest BCUT2D eigenvalue weighted by Crippen LogP contribution is 2.23. The lowest BCUT2D eigenvalue weighted by molar-refractivity contribution is 0.0813. The Morgan fingerprint density at radius 3 is 2.57 bits per heavy atom. The molecule has 0 atom stereocenters. The number of benzene rings is 1. The normalized spacial score (nSPS) is 18.9. The number of hydrogen-bond donors (Lipinski definition) is 1. The molecule has 1 aliphatic heterocycles. The Morgan fingerprint density at radius 1 is 1.13 bits per heavy atom. The SMILES string of the molecule is O=C(OCc1ccccc1)N1CCC(CCCNC2CC2)CC1. The van der Waals surface area contributed by atoms with Crippen molar-refractivity contribution < 1.29 is 9.53 Å². The van der Waals surface area contributed by atoms with Crippen LogP contribution in [0.1, 0.15) is 44.1 Å². The molecule has 1 aliphatic carbocycles. The minimum absolute atomic E-state index is 0.164. The van der Waals surface area contributed by atoms with Crippen LogP contribution in [-0.4, -0.2) is 36.7 Å². The Hall–Kier alpha value is -1.55. The molecule has 0 radical (unpaired) electrons. The van der Waals surface area contributed by atoms with Crippen molar-refractivity contribution in [3.8, 4) is 0 Å². The van der Waals surface area contributed by atoms with Crippen LogP contribution in [0.3, 0.4) is 0 Å². The van der Waals surface area contributed by atoms with Gasteiger partial charge in [0.25, 0.3) is 0 Å². The summed E-state index contributed by atoms with van der Waals surface area (Å²) in [4.78, 5) is 14.0. The molecule has 0 aromatic heterocycles. The van der Waals surface area contributed by atoms with Crippen LogP contribution in [0.5, 0.6) is 0 Å². The van der Waals surface area contributed by atoms with Crippen molar-refractivity contribution in [2.75, 3.05) is 19.6 Å². The van der Waals surface area contributed by atoms with E-state index >= 15 is 0 Å². The van der Waals surface area contributed by atoms with E-state index in [0.717, 1.165) is 50.0 Å². The van der Waals surface area contributed by atoms with Gasteiger partial charge in [0.1, 0.15) is 6.61 Å². The van der Waals surface area contributed by atoms with E-state index in [9.17, 15) is 4.79 Å². The van der Waals surface area contributed by atoms with E-state index in [1.54, 1.807) is 0 Å². The van der Waals surface area contributed by atoms with Crippen molar-refractivity contribution in [1.82, 2.24) is 10.2 Å². The second kappa shape index (κ2) is 8.34. The summed E-state index contributed by atoms with van der Waals surface area (Å²) >= 11 is 0. The first-order valence-corrected chi connectivity index (χ1v) is 9.00. The van der Waals surface area contributed by atoms with E-state index < -0.39 is 0 Å². The van der Waals surface area contributed by atoms with E-state index in [-0.39, 0.29) is 6.09 Å². The molecule has 1 heterocycles. The van der Waals surface area contributed by atoms with Crippen LogP contribution < -0.4 is 5.32 Å². The maximum atomic E-state index is 12.1. The van der Waals surface area contributed by atoms with E-state index in [4.69, 9.17) is 4.74 Å². The van der Waals surface area contributed by atoms with Crippen LogP contribution in [0.4, 0.5) is 4.79 Å². The molecule has 1 aromatic rings. The highest BCUT2D eigenvalue weighted by Gasteiger charge is 2.24. The average molecular weight is 316 g/mol. The van der Waals surface area contributed by atoms with E-state index in [1.807, 2.05) is 35.2 Å². The molecule has 1 saturated heterocycles. The van der Waals surface area contributed by atoms with Crippen LogP contribution in [0, 0.1) is 5.92 Å². The standard InChI is InChI=1S/C19H28N2O2/c22-19(23-15-17-5-2-1-3-6-17)21-13-10-16(11-14-21)7-4-12-20-18-8-9-18/h1-3,5-6,16,18,20H,4,7-15H2. The van der Waals surface area contributed by atoms with Gasteiger partial charge in [-0.05, 0) is 56.6 Å². The summed E-state index contributed by atoms with van der Waals surface area (Å²) in [5.41, 5.74) is 1.04. The van der Waals surface area contributed by atoms with Crippen molar-refractivity contribution in [1.29, 1.82) is 0 Å². The zero-order valence-corrected chi connectivity index (χ0v) is 13.9. The van der Waals surface area contributed by atoms with E-state index in [2.05, 4.69) is 5.32 Å². The van der Waals surface area contributed by atoms with E-state index in [0.29, 0.717) is 6.61 Å². The summed E-state index contributed by atoms with van der Waals surface area (Å²) < 4.78 is 5.41. The molecule has 23 heavy (non-hydrogen) atoms. The molecule has 0 spiro atoms. The van der Waals surface area contributed by atoms with Gasteiger partial charge in [-0.2, -0.15) is 0 Å². The van der Waals surface area contributed by atoms with Crippen LogP contribution in [0.2, 0.25) is 0 Å². The predicted molar refractivity (Wildman–Crippen MR) is 91.2 cm³/mol. The van der Waals surface area contributed by atoms with Gasteiger partial charge in [-0.15, -0.1) is 0 Å². The van der Waals surface area contributed by atoms with Gasteiger partial charge in [0.15, 0.2) is 0 Å². The third-order valence-corrected chi connectivity index (χ3v) is 4.88. The first-order chi connectivity index (χ1) is 11.3. The smallest absolute Gasteiger partial charge is 0.410 e. The van der Waals surface area contributed by atoms with Crippen molar-refractivity contribution in [2.24, 2.45) is 5.92 Å². The highest BCUT2D eigenvalue weighted by molar-refractivity contribution is 5.67. The molecule has 4 heteroatoms. The summed E-state index contributed by atoms with van der Waals surface area (Å²) in [5.74, 6) is 0.772. The van der Waals surface area contributed by atoms with E-state index in [1.165, 1.54) is 25.7 Å². The van der Waals surface area contributed by atoms with Crippen LogP contribution in [0.25, 0.3) is 0 Å². The Labute approximate surface area is 139 Å². The van der Waals surface area contributed by atoms with Gasteiger partial charge in [0, 0.05) is 19.1 Å². The lowest BCUT2D eigenvalue weighted by Crippen LogP contribution is -2.38. The molecular weight excluding hydrogens is 288 g/mol. The number of rotatable bonds is 7. The van der Waals surface area contributed by atoms with Gasteiger partial charge < -0.3 is 15.0 Å². The lowest BCUT2D eigenvalue weighted by Gasteiger charge is -2.31. The zero-order valence-electron chi connectivity index (χ0n) is 13.9. The number of carbonyl (C=O) groups is 1. The molecule has 0 bridgehead atoms. The largest absolute Gasteiger partial charge is 0.445 e. The quantitative estimate of drug-likeness (QED) is 0.782. The first kappa shape index (κ1) is 16.3. The molecule has 3 rings (SSSR count). The number of piperidine rings is 1. The topological polar surface area (TPSA) is 41.6 Å². The van der Waals surface area contributed by atoms with Crippen molar-refractivity contribution in [2.45, 2.75) is 51.2 Å². The highest BCUT2D eigenvalue weighted by atomic mass is 16.6. The monoisotopic (exact) mass is 316 g/mol. The number of carbonyl (C=O) groups excluding carboxylic acids is 1. The molecule has 126 valence electrons. The summed E-state index contributed by atoms with van der Waals surface area (Å²) in [6, 6.07) is 10.7. The number of likely N-dealkylation sites (tertiary alicyclic amines) is 1. The number of ether oxygens (including phenoxy) is 1. The summed E-state index contributed by atoms with van der Waals surface area (Å²) in [6.07, 6.45) is 7.34. The fourth-order valence-electron chi connectivity index (χ4n) is 3.20. The van der Waals surface area contributed by atoms with Crippen molar-refractivity contribution in [3.63, 3.8) is 0 Å². The van der Waals surface area contributed by atoms with Crippen molar-refractivity contribution in [3.05, 3.63) is 35.9 Å². The Morgan fingerprint density at radius 2 is 1.87 bits per heavy atom. The molecule has 1 N–H and O–H groups in total. The van der Waals surface area contributed by atoms with Gasteiger partial charge in [0.05, 0.1) is 0 Å². The van der Waals surface area contributed by atoms with Crippen LogP contribution in [0.15, 0.2) is 30.3 Å². The van der Waals surface area contributed by atoms with Gasteiger partial charge >= 0.3 is 6.09 Å². The van der Waals surface area contributed by atoms with Crippen LogP contribution in [-0.2, 0) is 11.3 Å². The molecule has 0 unspecified atom stereocenters. The number of nitrogens with zero attached hydrogens (tertiary/aromatic N) is 1. The van der Waals surface area contributed by atoms with Gasteiger partial charge in [-0.25, -0.2) is 4.79 Å². The Kier molecular flexibility index (Phi) is 5.92. The third-order valence-electron chi connectivity index (χ3n) is 4.88. The average Bonchev–Trinajstić information content (AvgIpc) is 3.42. The van der Waals surface area contributed by atoms with Gasteiger partial charge in [0.2, 0.25) is 0 Å². The minimum Gasteiger partial charge on any atom is -0.445 e. The predicted octanol–water partition coefficient (Wildman–Crippen LogP) is 3.57. The van der Waals surface area contributed by atoms with Gasteiger partial charge in [-0.1, -0.05) is 30.3 Å². The molecule has 1 amide bonds. The second-order valence-electron chi connectivity index (χ2n) is 6.84. The fraction of sp³-hybridized carbons (Fsp3) is 0.632. The lowest BCUT2D eigenvalue weighted by atomic mass is 9.92. The minimum atomic E-state index is -0.164. The molecule has 2 aliphatic rings. The second-order valence-corrected chi connectivity index (χ2v) is 6.84. The summed E-state index contributed by atoms with van der Waals surface area (Å²) in [5, 5.41) is 3.57. The Balaban J connectivity index is 1.29. The number of nitrogens with one attached hydrogen (secondary N) is 1. The number of hydrogen-bond acceptors (Lipinski definition) is 3. The van der Waals surface area contributed by atoms with Crippen LogP contribution >= 0.6 is 0 Å². The maximum Gasteiger partial charge on any atom is 0.410 e. The molecule has 4 nitrogen and oxygen atoms in total. The van der Waals surface area contributed by atoms with Crippen molar-refractivity contribution >= 4 is 6.09 Å². The third kappa shape index (κ3) is 5.54. The summed E-state index contributed by atoms with van der Waals surface area (Å²) in [7, 11) is 0. The first-order valence-electron chi connectivity index (χ1n) is 9.00. The molecular formula is C19H28N2O2. The fourth-order valence-corrected chi connectivity index (χ4v) is 3.20.